The molecule has 1 aromatic heterocycles. The minimum atomic E-state index is -0.205. The van der Waals surface area contributed by atoms with Crippen LogP contribution in [0.25, 0.3) is 0 Å². The number of hydrogen-bond acceptors (Lipinski definition) is 4. The number of carbonyl (C=O) groups excluding carboxylic acids is 1. The van der Waals surface area contributed by atoms with E-state index in [1.165, 1.54) is 0 Å². The molecule has 1 atom stereocenters. The van der Waals surface area contributed by atoms with Crippen molar-refractivity contribution in [2.75, 3.05) is 11.1 Å². The van der Waals surface area contributed by atoms with Gasteiger partial charge in [0.05, 0.1) is 28.8 Å². The van der Waals surface area contributed by atoms with Crippen molar-refractivity contribution in [1.29, 1.82) is 0 Å². The summed E-state index contributed by atoms with van der Waals surface area (Å²) in [4.78, 5) is 12.2. The number of benzene rings is 1. The summed E-state index contributed by atoms with van der Waals surface area (Å²) in [5.74, 6) is 2.07. The summed E-state index contributed by atoms with van der Waals surface area (Å²) in [6.07, 6.45) is 2.00. The third-order valence-corrected chi connectivity index (χ3v) is 5.18. The summed E-state index contributed by atoms with van der Waals surface area (Å²) in [6, 6.07) is 8.11. The molecular formula is C19H25N3O2S. The lowest BCUT2D eigenvalue weighted by Crippen LogP contribution is -2.27. The van der Waals surface area contributed by atoms with Crippen LogP contribution in [0.3, 0.4) is 0 Å². The summed E-state index contributed by atoms with van der Waals surface area (Å²) >= 11 is 1.62. The first kappa shape index (κ1) is 17.9. The maximum absolute atomic E-state index is 12.2. The second kappa shape index (κ2) is 6.75. The van der Waals surface area contributed by atoms with Crippen LogP contribution in [-0.4, -0.2) is 27.5 Å². The van der Waals surface area contributed by atoms with E-state index in [-0.39, 0.29) is 22.8 Å². The molecule has 25 heavy (non-hydrogen) atoms. The van der Waals surface area contributed by atoms with Gasteiger partial charge in [-0.15, -0.1) is 11.8 Å². The Hall–Kier alpha value is -1.95. The number of hydrogen-bond donors (Lipinski definition) is 1. The van der Waals surface area contributed by atoms with Gasteiger partial charge in [0.15, 0.2) is 0 Å². The lowest BCUT2D eigenvalue weighted by molar-refractivity contribution is -0.113. The van der Waals surface area contributed by atoms with Crippen molar-refractivity contribution >= 4 is 23.5 Å². The Morgan fingerprint density at radius 3 is 2.80 bits per heavy atom. The van der Waals surface area contributed by atoms with Gasteiger partial charge in [-0.25, -0.2) is 4.68 Å². The van der Waals surface area contributed by atoms with Crippen molar-refractivity contribution in [2.24, 2.45) is 0 Å². The Labute approximate surface area is 153 Å². The summed E-state index contributed by atoms with van der Waals surface area (Å²) in [7, 11) is 0. The summed E-state index contributed by atoms with van der Waals surface area (Å²) < 4.78 is 7.73. The second-order valence-corrected chi connectivity index (χ2v) is 8.60. The van der Waals surface area contributed by atoms with Crippen LogP contribution in [0.2, 0.25) is 0 Å². The highest BCUT2D eigenvalue weighted by atomic mass is 32.2. The number of carbonyl (C=O) groups is 1. The van der Waals surface area contributed by atoms with Gasteiger partial charge in [0.25, 0.3) is 0 Å². The monoisotopic (exact) mass is 359 g/mol. The first-order valence-electron chi connectivity index (χ1n) is 8.52. The molecule has 6 heteroatoms. The third-order valence-electron chi connectivity index (χ3n) is 3.89. The Kier molecular flexibility index (Phi) is 4.82. The van der Waals surface area contributed by atoms with Gasteiger partial charge in [-0.1, -0.05) is 12.1 Å². The summed E-state index contributed by atoms with van der Waals surface area (Å²) in [5, 5.41) is 7.63. The molecule has 1 amide bonds. The van der Waals surface area contributed by atoms with Gasteiger partial charge in [-0.05, 0) is 52.3 Å². The maximum Gasteiger partial charge on any atom is 0.235 e. The van der Waals surface area contributed by atoms with Gasteiger partial charge in [-0.3, -0.25) is 4.79 Å². The Morgan fingerprint density at radius 1 is 1.36 bits per heavy atom. The maximum atomic E-state index is 12.2. The number of anilines is 1. The fraction of sp³-hybridized carbons (Fsp3) is 0.474. The standard InChI is InChI=1S/C19H25N3O2S/c1-12(2)24-14-8-6-7-13(9-14)17-15-10-20-22(19(3,4)5)18(15)21-16(23)11-25-17/h6-10,12,17H,11H2,1-5H3,(H,21,23)/t17-/m0/s1. The van der Waals surface area contributed by atoms with E-state index in [2.05, 4.69) is 43.3 Å². The molecule has 2 heterocycles. The molecule has 0 saturated heterocycles. The van der Waals surface area contributed by atoms with E-state index >= 15 is 0 Å². The number of rotatable bonds is 3. The van der Waals surface area contributed by atoms with Crippen molar-refractivity contribution < 1.29 is 9.53 Å². The van der Waals surface area contributed by atoms with Crippen molar-refractivity contribution in [3.8, 4) is 5.75 Å². The predicted molar refractivity (Wildman–Crippen MR) is 102 cm³/mol. The fourth-order valence-corrected chi connectivity index (χ4v) is 3.98. The number of aromatic nitrogens is 2. The first-order chi connectivity index (χ1) is 11.8. The van der Waals surface area contributed by atoms with E-state index in [4.69, 9.17) is 4.74 Å². The quantitative estimate of drug-likeness (QED) is 0.892. The molecule has 0 fully saturated rings. The minimum absolute atomic E-state index is 0.00864. The molecule has 0 radical (unpaired) electrons. The van der Waals surface area contributed by atoms with Crippen LogP contribution < -0.4 is 10.1 Å². The molecule has 1 N–H and O–H groups in total. The summed E-state index contributed by atoms with van der Waals surface area (Å²) in [5.41, 5.74) is 1.95. The smallest absolute Gasteiger partial charge is 0.235 e. The van der Waals surface area contributed by atoms with Crippen molar-refractivity contribution in [1.82, 2.24) is 9.78 Å². The van der Waals surface area contributed by atoms with Gasteiger partial charge in [-0.2, -0.15) is 5.10 Å². The van der Waals surface area contributed by atoms with Gasteiger partial charge < -0.3 is 10.1 Å². The topological polar surface area (TPSA) is 56.1 Å². The first-order valence-corrected chi connectivity index (χ1v) is 9.57. The molecule has 0 spiro atoms. The minimum Gasteiger partial charge on any atom is -0.491 e. The zero-order valence-corrected chi connectivity index (χ0v) is 16.2. The average Bonchev–Trinajstić information content (AvgIpc) is 2.84. The van der Waals surface area contributed by atoms with Crippen molar-refractivity contribution in [3.63, 3.8) is 0 Å². The van der Waals surface area contributed by atoms with Crippen molar-refractivity contribution in [2.45, 2.75) is 51.5 Å². The molecule has 1 aliphatic rings. The van der Waals surface area contributed by atoms with Crippen LogP contribution in [-0.2, 0) is 10.3 Å². The van der Waals surface area contributed by atoms with Gasteiger partial charge in [0.1, 0.15) is 11.6 Å². The molecule has 2 aromatic rings. The van der Waals surface area contributed by atoms with Gasteiger partial charge >= 0.3 is 0 Å². The highest BCUT2D eigenvalue weighted by molar-refractivity contribution is 8.00. The zero-order valence-electron chi connectivity index (χ0n) is 15.4. The van der Waals surface area contributed by atoms with Gasteiger partial charge in [0, 0.05) is 5.56 Å². The largest absolute Gasteiger partial charge is 0.491 e. The predicted octanol–water partition coefficient (Wildman–Crippen LogP) is 4.20. The SMILES string of the molecule is CC(C)Oc1cccc([C@@H]2SCC(=O)Nc3c2cnn3C(C)(C)C)c1. The number of nitrogens with zero attached hydrogens (tertiary/aromatic N) is 2. The third kappa shape index (κ3) is 3.84. The normalized spacial score (nSPS) is 17.8. The highest BCUT2D eigenvalue weighted by Gasteiger charge is 2.30. The van der Waals surface area contributed by atoms with E-state index < -0.39 is 0 Å². The summed E-state index contributed by atoms with van der Waals surface area (Å²) in [6.45, 7) is 10.3. The number of ether oxygens (including phenoxy) is 1. The van der Waals surface area contributed by atoms with E-state index in [0.29, 0.717) is 5.75 Å². The number of fused-ring (bicyclic) bond motifs is 1. The number of thioether (sulfide) groups is 1. The lowest BCUT2D eigenvalue weighted by atomic mass is 10.1. The molecule has 5 nitrogen and oxygen atoms in total. The van der Waals surface area contributed by atoms with Crippen LogP contribution in [0, 0.1) is 0 Å². The van der Waals surface area contributed by atoms with Crippen LogP contribution in [0.1, 0.15) is 51.0 Å². The van der Waals surface area contributed by atoms with E-state index in [1.54, 1.807) is 11.8 Å². The second-order valence-electron chi connectivity index (χ2n) is 7.51. The Balaban J connectivity index is 2.04. The van der Waals surface area contributed by atoms with Crippen LogP contribution in [0.15, 0.2) is 30.5 Å². The van der Waals surface area contributed by atoms with Crippen LogP contribution >= 0.6 is 11.8 Å². The zero-order chi connectivity index (χ0) is 18.2. The molecule has 0 bridgehead atoms. The van der Waals surface area contributed by atoms with E-state index in [0.717, 1.165) is 22.7 Å². The highest BCUT2D eigenvalue weighted by Crippen LogP contribution is 2.43. The molecule has 0 aliphatic carbocycles. The Bertz CT molecular complexity index is 777. The Morgan fingerprint density at radius 2 is 2.12 bits per heavy atom. The van der Waals surface area contributed by atoms with Crippen LogP contribution in [0.4, 0.5) is 5.82 Å². The van der Waals surface area contributed by atoms with Crippen LogP contribution in [0.5, 0.6) is 5.75 Å². The van der Waals surface area contributed by atoms with Gasteiger partial charge in [0.2, 0.25) is 5.91 Å². The average molecular weight is 359 g/mol. The molecule has 0 unspecified atom stereocenters. The molecule has 3 rings (SSSR count). The molecule has 1 aromatic carbocycles. The molecule has 134 valence electrons. The fourth-order valence-electron chi connectivity index (χ4n) is 2.90. The molecular weight excluding hydrogens is 334 g/mol. The van der Waals surface area contributed by atoms with Crippen molar-refractivity contribution in [3.05, 3.63) is 41.6 Å². The van der Waals surface area contributed by atoms with E-state index in [9.17, 15) is 4.79 Å². The lowest BCUT2D eigenvalue weighted by Gasteiger charge is -2.23. The number of amides is 1. The molecule has 0 saturated carbocycles. The van der Waals surface area contributed by atoms with E-state index in [1.807, 2.05) is 36.9 Å². The molecule has 1 aliphatic heterocycles. The number of nitrogens with one attached hydrogen (secondary N) is 1.